The van der Waals surface area contributed by atoms with Gasteiger partial charge in [0, 0.05) is 44.7 Å². The second-order valence-electron chi connectivity index (χ2n) is 8.26. The van der Waals surface area contributed by atoms with E-state index in [1.54, 1.807) is 6.92 Å². The number of hydrogen-bond acceptors (Lipinski definition) is 5. The third-order valence-electron chi connectivity index (χ3n) is 6.16. The van der Waals surface area contributed by atoms with Crippen molar-refractivity contribution in [1.82, 2.24) is 20.1 Å². The summed E-state index contributed by atoms with van der Waals surface area (Å²) in [5.74, 6) is -0.296. The van der Waals surface area contributed by atoms with Crippen molar-refractivity contribution in [2.45, 2.75) is 33.1 Å². The molecular weight excluding hydrogens is 449 g/mol. The molecule has 4 rings (SSSR count). The molecular formula is C24H27F3N4OS. The highest BCUT2D eigenvalue weighted by molar-refractivity contribution is 7.20. The summed E-state index contributed by atoms with van der Waals surface area (Å²) in [4.78, 5) is 22.1. The van der Waals surface area contributed by atoms with Crippen LogP contribution >= 0.6 is 11.3 Å². The molecule has 5 nitrogen and oxygen atoms in total. The molecule has 2 aromatic heterocycles. The first kappa shape index (κ1) is 23.7. The fourth-order valence-electron chi connectivity index (χ4n) is 4.12. The van der Waals surface area contributed by atoms with E-state index < -0.39 is 11.9 Å². The molecule has 0 saturated carbocycles. The quantitative estimate of drug-likeness (QED) is 0.561. The number of nitrogens with one attached hydrogen (secondary N) is 1. The molecule has 0 atom stereocenters. The Morgan fingerprint density at radius 3 is 2.39 bits per heavy atom. The molecule has 3 heterocycles. The Morgan fingerprint density at radius 2 is 1.73 bits per heavy atom. The number of thiophene rings is 1. The Bertz CT molecular complexity index is 1140. The topological polar surface area (TPSA) is 48.5 Å². The van der Waals surface area contributed by atoms with Gasteiger partial charge in [0.1, 0.15) is 10.5 Å². The lowest BCUT2D eigenvalue weighted by Crippen LogP contribution is -2.45. The minimum absolute atomic E-state index is 0.221. The molecule has 1 aromatic carbocycles. The van der Waals surface area contributed by atoms with Crippen LogP contribution in [0.3, 0.4) is 0 Å². The standard InChI is InChI=1S/C24H27F3N4OS/c1-3-30-10-12-31(13-11-30)15-18-7-5-4-6-17(18)14-28-22(32)21-16(2)19-8-9-20(24(25,26)27)29-23(19)33-21/h4-9H,3,10-15H2,1-2H3,(H,28,32). The monoisotopic (exact) mass is 476 g/mol. The molecule has 1 amide bonds. The summed E-state index contributed by atoms with van der Waals surface area (Å²) >= 11 is 0.996. The van der Waals surface area contributed by atoms with E-state index in [2.05, 4.69) is 33.1 Å². The van der Waals surface area contributed by atoms with Crippen LogP contribution < -0.4 is 5.32 Å². The second-order valence-corrected chi connectivity index (χ2v) is 9.26. The van der Waals surface area contributed by atoms with Crippen molar-refractivity contribution in [3.8, 4) is 0 Å². The van der Waals surface area contributed by atoms with Gasteiger partial charge >= 0.3 is 6.18 Å². The van der Waals surface area contributed by atoms with Gasteiger partial charge in [-0.05, 0) is 42.3 Å². The number of alkyl halides is 3. The molecule has 0 spiro atoms. The van der Waals surface area contributed by atoms with Gasteiger partial charge in [-0.1, -0.05) is 31.2 Å². The van der Waals surface area contributed by atoms with E-state index in [-0.39, 0.29) is 10.7 Å². The van der Waals surface area contributed by atoms with Gasteiger partial charge in [0.25, 0.3) is 5.91 Å². The Balaban J connectivity index is 1.45. The maximum absolute atomic E-state index is 13.0. The van der Waals surface area contributed by atoms with Gasteiger partial charge in [0.15, 0.2) is 0 Å². The molecule has 0 radical (unpaired) electrons. The fraction of sp³-hybridized carbons (Fsp3) is 0.417. The highest BCUT2D eigenvalue weighted by Gasteiger charge is 2.33. The molecule has 0 aliphatic carbocycles. The molecule has 33 heavy (non-hydrogen) atoms. The number of likely N-dealkylation sites (N-methyl/N-ethyl adjacent to an activating group) is 1. The summed E-state index contributed by atoms with van der Waals surface area (Å²) in [6, 6.07) is 10.4. The van der Waals surface area contributed by atoms with E-state index in [0.717, 1.165) is 62.2 Å². The van der Waals surface area contributed by atoms with E-state index in [0.29, 0.717) is 22.4 Å². The van der Waals surface area contributed by atoms with Crippen molar-refractivity contribution in [3.63, 3.8) is 0 Å². The summed E-state index contributed by atoms with van der Waals surface area (Å²) in [7, 11) is 0. The van der Waals surface area contributed by atoms with Gasteiger partial charge in [-0.25, -0.2) is 4.98 Å². The van der Waals surface area contributed by atoms with Gasteiger partial charge < -0.3 is 10.2 Å². The number of nitrogens with zero attached hydrogens (tertiary/aromatic N) is 3. The second kappa shape index (κ2) is 9.79. The van der Waals surface area contributed by atoms with Crippen LogP contribution in [0.15, 0.2) is 36.4 Å². The molecule has 1 aliphatic rings. The number of benzene rings is 1. The predicted molar refractivity (Wildman–Crippen MR) is 124 cm³/mol. The third-order valence-corrected chi connectivity index (χ3v) is 7.36. The first-order chi connectivity index (χ1) is 15.8. The zero-order valence-electron chi connectivity index (χ0n) is 18.7. The highest BCUT2D eigenvalue weighted by atomic mass is 32.1. The van der Waals surface area contributed by atoms with E-state index in [9.17, 15) is 18.0 Å². The van der Waals surface area contributed by atoms with Gasteiger partial charge in [-0.2, -0.15) is 13.2 Å². The zero-order valence-corrected chi connectivity index (χ0v) is 19.5. The number of halogens is 3. The van der Waals surface area contributed by atoms with Crippen molar-refractivity contribution < 1.29 is 18.0 Å². The molecule has 0 unspecified atom stereocenters. The predicted octanol–water partition coefficient (Wildman–Crippen LogP) is 4.69. The van der Waals surface area contributed by atoms with Gasteiger partial charge in [-0.15, -0.1) is 11.3 Å². The molecule has 1 aliphatic heterocycles. The lowest BCUT2D eigenvalue weighted by Gasteiger charge is -2.34. The Morgan fingerprint density at radius 1 is 1.06 bits per heavy atom. The highest BCUT2D eigenvalue weighted by Crippen LogP contribution is 2.34. The number of hydrogen-bond donors (Lipinski definition) is 1. The molecule has 9 heteroatoms. The van der Waals surface area contributed by atoms with Crippen LogP contribution in [0.4, 0.5) is 13.2 Å². The zero-order chi connectivity index (χ0) is 23.6. The van der Waals surface area contributed by atoms with Gasteiger partial charge in [-0.3, -0.25) is 9.69 Å². The minimum atomic E-state index is -4.51. The molecule has 1 N–H and O–H groups in total. The van der Waals surface area contributed by atoms with Gasteiger partial charge in [0.2, 0.25) is 0 Å². The molecule has 176 valence electrons. The van der Waals surface area contributed by atoms with E-state index in [4.69, 9.17) is 0 Å². The summed E-state index contributed by atoms with van der Waals surface area (Å²) in [5.41, 5.74) is 1.92. The number of amides is 1. The van der Waals surface area contributed by atoms with E-state index >= 15 is 0 Å². The van der Waals surface area contributed by atoms with Crippen molar-refractivity contribution in [2.24, 2.45) is 0 Å². The Labute approximate surface area is 195 Å². The molecule has 3 aromatic rings. The van der Waals surface area contributed by atoms with Crippen LogP contribution in [0.5, 0.6) is 0 Å². The van der Waals surface area contributed by atoms with Crippen LogP contribution in [-0.2, 0) is 19.3 Å². The van der Waals surface area contributed by atoms with Crippen molar-refractivity contribution in [2.75, 3.05) is 32.7 Å². The van der Waals surface area contributed by atoms with E-state index in [1.165, 1.54) is 11.6 Å². The van der Waals surface area contributed by atoms with Crippen LogP contribution in [0.2, 0.25) is 0 Å². The van der Waals surface area contributed by atoms with Crippen LogP contribution in [0, 0.1) is 6.92 Å². The van der Waals surface area contributed by atoms with Crippen LogP contribution in [0.25, 0.3) is 10.2 Å². The fourth-order valence-corrected chi connectivity index (χ4v) is 5.21. The van der Waals surface area contributed by atoms with Crippen LogP contribution in [0.1, 0.15) is 39.0 Å². The average Bonchev–Trinajstić information content (AvgIpc) is 3.14. The largest absolute Gasteiger partial charge is 0.433 e. The summed E-state index contributed by atoms with van der Waals surface area (Å²) < 4.78 is 39.0. The van der Waals surface area contributed by atoms with Crippen LogP contribution in [-0.4, -0.2) is 53.4 Å². The Hall–Kier alpha value is -2.49. The number of fused-ring (bicyclic) bond motifs is 1. The number of rotatable bonds is 6. The van der Waals surface area contributed by atoms with Crippen molar-refractivity contribution >= 4 is 27.5 Å². The molecule has 1 saturated heterocycles. The SMILES string of the molecule is CCN1CCN(Cc2ccccc2CNC(=O)c2sc3nc(C(F)(F)F)ccc3c2C)CC1. The summed E-state index contributed by atoms with van der Waals surface area (Å²) in [6.07, 6.45) is -4.51. The number of carbonyl (C=O) groups is 1. The van der Waals surface area contributed by atoms with Crippen molar-refractivity contribution in [1.29, 1.82) is 0 Å². The van der Waals surface area contributed by atoms with E-state index in [1.807, 2.05) is 18.2 Å². The number of pyridine rings is 1. The third kappa shape index (κ3) is 5.37. The van der Waals surface area contributed by atoms with Gasteiger partial charge in [0.05, 0.1) is 4.88 Å². The first-order valence-corrected chi connectivity index (χ1v) is 11.8. The average molecular weight is 477 g/mol. The Kier molecular flexibility index (Phi) is 7.02. The first-order valence-electron chi connectivity index (χ1n) is 11.0. The smallest absolute Gasteiger partial charge is 0.347 e. The molecule has 1 fully saturated rings. The number of piperazine rings is 1. The minimum Gasteiger partial charge on any atom is -0.347 e. The maximum Gasteiger partial charge on any atom is 0.433 e. The lowest BCUT2D eigenvalue weighted by molar-refractivity contribution is -0.140. The molecule has 0 bridgehead atoms. The summed E-state index contributed by atoms with van der Waals surface area (Å²) in [5, 5.41) is 3.52. The summed E-state index contributed by atoms with van der Waals surface area (Å²) in [6.45, 7) is 10.3. The van der Waals surface area contributed by atoms with Crippen molar-refractivity contribution in [3.05, 3.63) is 63.7 Å². The normalized spacial score (nSPS) is 15.8. The lowest BCUT2D eigenvalue weighted by atomic mass is 10.1. The number of aryl methyl sites for hydroxylation is 1. The maximum atomic E-state index is 13.0. The number of carbonyl (C=O) groups excluding carboxylic acids is 1. The number of aromatic nitrogens is 1.